The number of fused-ring (bicyclic) bond motifs is 1. The number of guanidine groups is 1. The highest BCUT2D eigenvalue weighted by molar-refractivity contribution is 5.80. The van der Waals surface area contributed by atoms with Crippen LogP contribution in [0, 0.1) is 0 Å². The molecule has 1 unspecified atom stereocenters. The Morgan fingerprint density at radius 2 is 2.12 bits per heavy atom. The van der Waals surface area contributed by atoms with Crippen LogP contribution in [0.3, 0.4) is 0 Å². The topological polar surface area (TPSA) is 54.9 Å². The maximum atomic E-state index is 6.09. The van der Waals surface area contributed by atoms with E-state index in [0.29, 0.717) is 0 Å². The molecule has 0 saturated carbocycles. The lowest BCUT2D eigenvalue weighted by Gasteiger charge is -2.38. The minimum absolute atomic E-state index is 0.192. The Morgan fingerprint density at radius 1 is 1.33 bits per heavy atom. The Balaban J connectivity index is 1.91. The first kappa shape index (κ1) is 18.6. The van der Waals surface area contributed by atoms with Crippen LogP contribution in [-0.4, -0.2) is 38.4 Å². The first-order valence-electron chi connectivity index (χ1n) is 8.88. The van der Waals surface area contributed by atoms with E-state index in [2.05, 4.69) is 41.6 Å². The lowest BCUT2D eigenvalue weighted by atomic mass is 9.90. The molecule has 1 aliphatic rings. The first-order chi connectivity index (χ1) is 11.6. The second kappa shape index (κ2) is 8.92. The molecule has 0 aliphatic carbocycles. The molecule has 0 radical (unpaired) electrons. The molecule has 0 fully saturated rings. The number of benzene rings is 1. The number of hydrogen-bond acceptors (Lipinski definition) is 3. The Bertz CT molecular complexity index is 543. The van der Waals surface area contributed by atoms with E-state index in [1.165, 1.54) is 5.56 Å². The molecule has 0 amide bonds. The number of rotatable bonds is 7. The van der Waals surface area contributed by atoms with Crippen molar-refractivity contribution in [2.24, 2.45) is 4.99 Å². The monoisotopic (exact) mass is 333 g/mol. The second-order valence-corrected chi connectivity index (χ2v) is 6.70. The fourth-order valence-electron chi connectivity index (χ4n) is 2.97. The van der Waals surface area contributed by atoms with Crippen LogP contribution in [-0.2, 0) is 4.74 Å². The number of nitrogens with one attached hydrogen (secondary N) is 2. The summed E-state index contributed by atoms with van der Waals surface area (Å²) in [6, 6.07) is 8.42. The molecule has 24 heavy (non-hydrogen) atoms. The van der Waals surface area contributed by atoms with E-state index in [1.807, 2.05) is 26.1 Å². The van der Waals surface area contributed by atoms with Crippen molar-refractivity contribution in [2.75, 3.05) is 26.8 Å². The standard InChI is InChI=1S/C19H31N3O2/c1-5-23-13-9-8-12-21-18(20-4)22-16-14-19(2,3)24-17-11-7-6-10-15(16)17/h6-7,10-11,16H,5,8-9,12-14H2,1-4H3,(H2,20,21,22). The maximum absolute atomic E-state index is 6.09. The smallest absolute Gasteiger partial charge is 0.191 e. The average molecular weight is 333 g/mol. The van der Waals surface area contributed by atoms with Gasteiger partial charge in [0.2, 0.25) is 0 Å². The van der Waals surface area contributed by atoms with Gasteiger partial charge in [-0.1, -0.05) is 18.2 Å². The van der Waals surface area contributed by atoms with E-state index in [4.69, 9.17) is 9.47 Å². The zero-order chi connectivity index (χ0) is 17.4. The normalized spacial score (nSPS) is 19.3. The van der Waals surface area contributed by atoms with Gasteiger partial charge in [-0.05, 0) is 39.7 Å². The third-order valence-electron chi connectivity index (χ3n) is 4.12. The van der Waals surface area contributed by atoms with Crippen LogP contribution in [0.5, 0.6) is 5.75 Å². The van der Waals surface area contributed by atoms with Gasteiger partial charge in [0, 0.05) is 38.8 Å². The molecule has 0 aromatic heterocycles. The molecule has 0 spiro atoms. The van der Waals surface area contributed by atoms with Crippen LogP contribution < -0.4 is 15.4 Å². The van der Waals surface area contributed by atoms with Crippen molar-refractivity contribution < 1.29 is 9.47 Å². The Morgan fingerprint density at radius 3 is 2.88 bits per heavy atom. The van der Waals surface area contributed by atoms with Gasteiger partial charge in [-0.25, -0.2) is 0 Å². The summed E-state index contributed by atoms with van der Waals surface area (Å²) in [5.74, 6) is 1.79. The summed E-state index contributed by atoms with van der Waals surface area (Å²) in [7, 11) is 1.81. The highest BCUT2D eigenvalue weighted by Gasteiger charge is 2.33. The van der Waals surface area contributed by atoms with Crippen LogP contribution >= 0.6 is 0 Å². The van der Waals surface area contributed by atoms with Gasteiger partial charge < -0.3 is 20.1 Å². The molecule has 1 aliphatic heterocycles. The average Bonchev–Trinajstić information content (AvgIpc) is 2.55. The molecule has 2 N–H and O–H groups in total. The fraction of sp³-hybridized carbons (Fsp3) is 0.632. The number of unbranched alkanes of at least 4 members (excludes halogenated alkanes) is 1. The van der Waals surface area contributed by atoms with Crippen LogP contribution in [0.4, 0.5) is 0 Å². The van der Waals surface area contributed by atoms with Gasteiger partial charge in [-0.2, -0.15) is 0 Å². The summed E-state index contributed by atoms with van der Waals surface area (Å²) in [5.41, 5.74) is 0.999. The highest BCUT2D eigenvalue weighted by atomic mass is 16.5. The molecule has 0 saturated heterocycles. The summed E-state index contributed by atoms with van der Waals surface area (Å²) in [6.45, 7) is 8.78. The van der Waals surface area contributed by atoms with E-state index in [9.17, 15) is 0 Å². The third-order valence-corrected chi connectivity index (χ3v) is 4.12. The third kappa shape index (κ3) is 5.41. The van der Waals surface area contributed by atoms with Crippen LogP contribution in [0.15, 0.2) is 29.3 Å². The molecule has 5 heteroatoms. The largest absolute Gasteiger partial charge is 0.487 e. The molecule has 5 nitrogen and oxygen atoms in total. The van der Waals surface area contributed by atoms with Crippen molar-refractivity contribution >= 4 is 5.96 Å². The summed E-state index contributed by atoms with van der Waals surface area (Å²) in [4.78, 5) is 4.36. The number of hydrogen-bond donors (Lipinski definition) is 2. The SMILES string of the molecule is CCOCCCCNC(=NC)NC1CC(C)(C)Oc2ccccc21. The van der Waals surface area contributed by atoms with Gasteiger partial charge in [0.05, 0.1) is 6.04 Å². The van der Waals surface area contributed by atoms with Crippen molar-refractivity contribution in [3.63, 3.8) is 0 Å². The summed E-state index contributed by atoms with van der Waals surface area (Å²) < 4.78 is 11.4. The Hall–Kier alpha value is -1.75. The molecule has 0 bridgehead atoms. The predicted molar refractivity (Wildman–Crippen MR) is 98.7 cm³/mol. The van der Waals surface area contributed by atoms with E-state index in [1.54, 1.807) is 0 Å². The predicted octanol–water partition coefficient (Wildman–Crippen LogP) is 3.27. The minimum atomic E-state index is -0.192. The lowest BCUT2D eigenvalue weighted by molar-refractivity contribution is 0.0694. The molecule has 1 atom stereocenters. The van der Waals surface area contributed by atoms with Crippen molar-refractivity contribution in [3.8, 4) is 5.75 Å². The van der Waals surface area contributed by atoms with Crippen LogP contribution in [0.2, 0.25) is 0 Å². The zero-order valence-electron chi connectivity index (χ0n) is 15.4. The summed E-state index contributed by atoms with van der Waals surface area (Å²) in [5, 5.41) is 6.94. The van der Waals surface area contributed by atoms with E-state index >= 15 is 0 Å². The van der Waals surface area contributed by atoms with Gasteiger partial charge in [0.15, 0.2) is 5.96 Å². The van der Waals surface area contributed by atoms with Crippen molar-refractivity contribution in [1.29, 1.82) is 0 Å². The molecular formula is C19H31N3O2. The molecular weight excluding hydrogens is 302 g/mol. The van der Waals surface area contributed by atoms with Gasteiger partial charge in [0.1, 0.15) is 11.4 Å². The number of nitrogens with zero attached hydrogens (tertiary/aromatic N) is 1. The molecule has 1 heterocycles. The van der Waals surface area contributed by atoms with Gasteiger partial charge in [0.25, 0.3) is 0 Å². The Labute approximate surface area is 145 Å². The van der Waals surface area contributed by atoms with Crippen molar-refractivity contribution in [1.82, 2.24) is 10.6 Å². The van der Waals surface area contributed by atoms with Crippen LogP contribution in [0.1, 0.15) is 51.6 Å². The van der Waals surface area contributed by atoms with Gasteiger partial charge >= 0.3 is 0 Å². The number of para-hydroxylation sites is 1. The fourth-order valence-corrected chi connectivity index (χ4v) is 2.97. The zero-order valence-corrected chi connectivity index (χ0v) is 15.4. The molecule has 2 rings (SSSR count). The quantitative estimate of drug-likeness (QED) is 0.457. The minimum Gasteiger partial charge on any atom is -0.487 e. The second-order valence-electron chi connectivity index (χ2n) is 6.70. The molecule has 1 aromatic rings. The Kier molecular flexibility index (Phi) is 6.91. The van der Waals surface area contributed by atoms with Crippen LogP contribution in [0.25, 0.3) is 0 Å². The maximum Gasteiger partial charge on any atom is 0.191 e. The number of aliphatic imine (C=N–C) groups is 1. The van der Waals surface area contributed by atoms with Gasteiger partial charge in [-0.15, -0.1) is 0 Å². The number of ether oxygens (including phenoxy) is 2. The summed E-state index contributed by atoms with van der Waals surface area (Å²) >= 11 is 0. The van der Waals surface area contributed by atoms with Crippen molar-refractivity contribution in [3.05, 3.63) is 29.8 Å². The first-order valence-corrected chi connectivity index (χ1v) is 8.88. The summed E-state index contributed by atoms with van der Waals surface area (Å²) in [6.07, 6.45) is 3.02. The molecule has 1 aromatic carbocycles. The van der Waals surface area contributed by atoms with E-state index in [-0.39, 0.29) is 11.6 Å². The van der Waals surface area contributed by atoms with E-state index in [0.717, 1.165) is 50.7 Å². The van der Waals surface area contributed by atoms with Gasteiger partial charge in [-0.3, -0.25) is 4.99 Å². The lowest BCUT2D eigenvalue weighted by Crippen LogP contribution is -2.45. The van der Waals surface area contributed by atoms with Crippen molar-refractivity contribution in [2.45, 2.75) is 51.7 Å². The molecule has 134 valence electrons. The van der Waals surface area contributed by atoms with E-state index < -0.39 is 0 Å². The highest BCUT2D eigenvalue weighted by Crippen LogP contribution is 2.39.